The monoisotopic (exact) mass is 252 g/mol. The normalized spacial score (nSPS) is 12.5. The van der Waals surface area contributed by atoms with Crippen LogP contribution in [0.15, 0.2) is 23.1 Å². The highest BCUT2D eigenvalue weighted by Gasteiger charge is 2.13. The summed E-state index contributed by atoms with van der Waals surface area (Å²) in [5.74, 6) is 0.903. The minimum absolute atomic E-state index is 0.309. The quantitative estimate of drug-likeness (QED) is 0.824. The van der Waals surface area contributed by atoms with Gasteiger partial charge in [-0.3, -0.25) is 0 Å². The molecular weight excluding hydrogens is 236 g/mol. The zero-order valence-electron chi connectivity index (χ0n) is 10.4. The van der Waals surface area contributed by atoms with Gasteiger partial charge in [0.25, 0.3) is 0 Å². The van der Waals surface area contributed by atoms with Crippen LogP contribution in [0, 0.1) is 6.92 Å². The molecule has 0 spiro atoms. The van der Waals surface area contributed by atoms with E-state index in [4.69, 9.17) is 0 Å². The predicted molar refractivity (Wildman–Crippen MR) is 68.0 cm³/mol. The summed E-state index contributed by atoms with van der Waals surface area (Å²) in [5, 5.41) is 0. The van der Waals surface area contributed by atoms with E-state index >= 15 is 0 Å². The maximum Gasteiger partial charge on any atom is 0.175 e. The van der Waals surface area contributed by atoms with Gasteiger partial charge in [0.15, 0.2) is 9.84 Å². The number of nitrogens with zero attached hydrogens (tertiary/aromatic N) is 2. The second-order valence-corrected chi connectivity index (χ2v) is 6.56. The Morgan fingerprint density at radius 2 is 1.94 bits per heavy atom. The first kappa shape index (κ1) is 12.1. The van der Waals surface area contributed by atoms with Crippen LogP contribution in [-0.4, -0.2) is 24.2 Å². The molecule has 0 saturated carbocycles. The molecule has 0 aliphatic rings. The summed E-state index contributed by atoms with van der Waals surface area (Å²) in [6.45, 7) is 6.09. The van der Waals surface area contributed by atoms with E-state index in [9.17, 15) is 8.42 Å². The number of aromatic nitrogens is 2. The minimum atomic E-state index is -3.17. The molecule has 5 heteroatoms. The van der Waals surface area contributed by atoms with Crippen molar-refractivity contribution in [3.05, 3.63) is 24.0 Å². The van der Waals surface area contributed by atoms with Crippen LogP contribution in [0.4, 0.5) is 0 Å². The first-order chi connectivity index (χ1) is 7.80. The van der Waals surface area contributed by atoms with Crippen molar-refractivity contribution in [3.8, 4) is 0 Å². The molecule has 4 nitrogen and oxygen atoms in total. The standard InChI is InChI=1S/C12H16N2O2S/c1-8(2)14-9(3)13-11-7-10(17(4,15)16)5-6-12(11)14/h5-8H,1-4H3. The zero-order chi connectivity index (χ0) is 12.8. The maximum atomic E-state index is 11.5. The summed E-state index contributed by atoms with van der Waals surface area (Å²) in [6.07, 6.45) is 1.21. The first-order valence-electron chi connectivity index (χ1n) is 5.49. The van der Waals surface area contributed by atoms with Crippen LogP contribution in [0.3, 0.4) is 0 Å². The third-order valence-corrected chi connectivity index (χ3v) is 3.89. The topological polar surface area (TPSA) is 52.0 Å². The van der Waals surface area contributed by atoms with Crippen LogP contribution >= 0.6 is 0 Å². The SMILES string of the molecule is Cc1nc2cc(S(C)(=O)=O)ccc2n1C(C)C. The van der Waals surface area contributed by atoms with Gasteiger partial charge in [0.1, 0.15) is 5.82 Å². The number of sulfone groups is 1. The summed E-state index contributed by atoms with van der Waals surface area (Å²) >= 11 is 0. The van der Waals surface area contributed by atoms with Crippen molar-refractivity contribution in [2.45, 2.75) is 31.7 Å². The fraction of sp³-hybridized carbons (Fsp3) is 0.417. The van der Waals surface area contributed by atoms with Crippen LogP contribution in [0.2, 0.25) is 0 Å². The molecule has 2 aromatic rings. The Morgan fingerprint density at radius 1 is 1.29 bits per heavy atom. The highest BCUT2D eigenvalue weighted by molar-refractivity contribution is 7.90. The average Bonchev–Trinajstić information content (AvgIpc) is 2.50. The Hall–Kier alpha value is -1.36. The zero-order valence-corrected chi connectivity index (χ0v) is 11.2. The fourth-order valence-electron chi connectivity index (χ4n) is 2.08. The summed E-state index contributed by atoms with van der Waals surface area (Å²) in [5.41, 5.74) is 1.71. The molecule has 2 rings (SSSR count). The van der Waals surface area contributed by atoms with E-state index in [0.717, 1.165) is 16.9 Å². The number of benzene rings is 1. The van der Waals surface area contributed by atoms with Crippen LogP contribution in [-0.2, 0) is 9.84 Å². The lowest BCUT2D eigenvalue weighted by Gasteiger charge is -2.10. The molecule has 0 N–H and O–H groups in total. The van der Waals surface area contributed by atoms with Crippen LogP contribution in [0.25, 0.3) is 11.0 Å². The maximum absolute atomic E-state index is 11.5. The number of rotatable bonds is 2. The van der Waals surface area contributed by atoms with Gasteiger partial charge in [-0.25, -0.2) is 13.4 Å². The molecule has 92 valence electrons. The number of aryl methyl sites for hydroxylation is 1. The van der Waals surface area contributed by atoms with E-state index in [-0.39, 0.29) is 0 Å². The summed E-state index contributed by atoms with van der Waals surface area (Å²) in [4.78, 5) is 4.73. The van der Waals surface area contributed by atoms with Crippen LogP contribution in [0.5, 0.6) is 0 Å². The number of fused-ring (bicyclic) bond motifs is 1. The Morgan fingerprint density at radius 3 is 2.47 bits per heavy atom. The Bertz CT molecular complexity index is 669. The molecular formula is C12H16N2O2S. The smallest absolute Gasteiger partial charge is 0.175 e. The second-order valence-electron chi connectivity index (χ2n) is 4.55. The largest absolute Gasteiger partial charge is 0.326 e. The lowest BCUT2D eigenvalue weighted by molar-refractivity contribution is 0.600. The van der Waals surface area contributed by atoms with Crippen LogP contribution < -0.4 is 0 Å². The summed E-state index contributed by atoms with van der Waals surface area (Å²) < 4.78 is 25.0. The Kier molecular flexibility index (Phi) is 2.73. The van der Waals surface area contributed by atoms with Crippen LogP contribution in [0.1, 0.15) is 25.7 Å². The molecule has 0 unspecified atom stereocenters. The minimum Gasteiger partial charge on any atom is -0.326 e. The summed E-state index contributed by atoms with van der Waals surface area (Å²) in [6, 6.07) is 5.41. The third kappa shape index (κ3) is 2.07. The molecule has 0 radical (unpaired) electrons. The number of imidazole rings is 1. The van der Waals surface area contributed by atoms with Crippen molar-refractivity contribution >= 4 is 20.9 Å². The molecule has 0 amide bonds. The van der Waals surface area contributed by atoms with Crippen molar-refractivity contribution in [2.24, 2.45) is 0 Å². The van der Waals surface area contributed by atoms with E-state index in [1.54, 1.807) is 12.1 Å². The van der Waals surface area contributed by atoms with Gasteiger partial charge in [0.2, 0.25) is 0 Å². The third-order valence-electron chi connectivity index (χ3n) is 2.78. The number of hydrogen-bond acceptors (Lipinski definition) is 3. The highest BCUT2D eigenvalue weighted by Crippen LogP contribution is 2.23. The van der Waals surface area contributed by atoms with Crippen molar-refractivity contribution in [3.63, 3.8) is 0 Å². The van der Waals surface area contributed by atoms with Gasteiger partial charge in [0, 0.05) is 12.3 Å². The van der Waals surface area contributed by atoms with Gasteiger partial charge in [-0.15, -0.1) is 0 Å². The lowest BCUT2D eigenvalue weighted by Crippen LogP contribution is -2.02. The van der Waals surface area contributed by atoms with Crippen molar-refractivity contribution in [1.82, 2.24) is 9.55 Å². The Labute approximate surface area is 101 Å². The molecule has 0 fully saturated rings. The van der Waals surface area contributed by atoms with Crippen molar-refractivity contribution in [1.29, 1.82) is 0 Å². The predicted octanol–water partition coefficient (Wildman–Crippen LogP) is 2.33. The van der Waals surface area contributed by atoms with E-state index in [0.29, 0.717) is 10.9 Å². The highest BCUT2D eigenvalue weighted by atomic mass is 32.2. The van der Waals surface area contributed by atoms with Crippen molar-refractivity contribution in [2.75, 3.05) is 6.26 Å². The molecule has 17 heavy (non-hydrogen) atoms. The van der Waals surface area contributed by atoms with Gasteiger partial charge in [-0.2, -0.15) is 0 Å². The van der Waals surface area contributed by atoms with E-state index in [1.807, 2.05) is 13.0 Å². The average molecular weight is 252 g/mol. The van der Waals surface area contributed by atoms with Gasteiger partial charge in [-0.05, 0) is 39.0 Å². The Balaban J connectivity index is 2.75. The number of hydrogen-bond donors (Lipinski definition) is 0. The molecule has 0 aliphatic carbocycles. The van der Waals surface area contributed by atoms with Crippen molar-refractivity contribution < 1.29 is 8.42 Å². The van der Waals surface area contributed by atoms with Gasteiger partial charge >= 0.3 is 0 Å². The van der Waals surface area contributed by atoms with E-state index in [1.165, 1.54) is 6.26 Å². The lowest BCUT2D eigenvalue weighted by atomic mass is 10.3. The van der Waals surface area contributed by atoms with Gasteiger partial charge < -0.3 is 4.57 Å². The van der Waals surface area contributed by atoms with E-state index < -0.39 is 9.84 Å². The molecule has 1 aromatic heterocycles. The fourth-order valence-corrected chi connectivity index (χ4v) is 2.72. The molecule has 1 heterocycles. The van der Waals surface area contributed by atoms with E-state index in [2.05, 4.69) is 23.4 Å². The second kappa shape index (κ2) is 3.84. The molecule has 1 aromatic carbocycles. The molecule has 0 bridgehead atoms. The van der Waals surface area contributed by atoms with Gasteiger partial charge in [-0.1, -0.05) is 0 Å². The molecule has 0 atom stereocenters. The summed E-state index contributed by atoms with van der Waals surface area (Å²) in [7, 11) is -3.17. The molecule has 0 aliphatic heterocycles. The van der Waals surface area contributed by atoms with Gasteiger partial charge in [0.05, 0.1) is 15.9 Å². The first-order valence-corrected chi connectivity index (χ1v) is 7.38. The molecule has 0 saturated heterocycles.